The van der Waals surface area contributed by atoms with Crippen LogP contribution < -0.4 is 43.8 Å². The molecule has 10 rings (SSSR count). The van der Waals surface area contributed by atoms with Crippen molar-refractivity contribution in [2.75, 3.05) is 118 Å². The number of esters is 1. The van der Waals surface area contributed by atoms with Crippen molar-refractivity contribution in [2.24, 2.45) is 18.0 Å². The molecular formula is C75H119ClFN10O23P5. The van der Waals surface area contributed by atoms with Crippen molar-refractivity contribution < 1.29 is 96.9 Å². The smallest absolute Gasteiger partial charge is 0.344 e. The fourth-order valence-electron chi connectivity index (χ4n) is 13.1. The quantitative estimate of drug-likeness (QED) is 0.0294. The van der Waals surface area contributed by atoms with Gasteiger partial charge >= 0.3 is 29.4 Å². The highest BCUT2D eigenvalue weighted by Gasteiger charge is 2.51. The average Bonchev–Trinajstić information content (AvgIpc) is 1.62. The minimum absolute atomic E-state index is 0.228. The minimum atomic E-state index is -1.52. The Bertz CT molecular complexity index is 4480. The van der Waals surface area contributed by atoms with E-state index in [-0.39, 0.29) is 29.7 Å². The van der Waals surface area contributed by atoms with Gasteiger partial charge in [0.25, 0.3) is 17.0 Å². The predicted molar refractivity (Wildman–Crippen MR) is 458 cm³/mol. The molecule has 115 heavy (non-hydrogen) atoms. The van der Waals surface area contributed by atoms with Crippen molar-refractivity contribution in [3.8, 4) is 0 Å². The van der Waals surface area contributed by atoms with Gasteiger partial charge in [0.15, 0.2) is 31.5 Å². The molecule has 0 aliphatic carbocycles. The van der Waals surface area contributed by atoms with Crippen LogP contribution in [0.4, 0.5) is 14.0 Å². The number of nitrogens with one attached hydrogen (secondary N) is 5. The predicted octanol–water partition coefficient (Wildman–Crippen LogP) is 2.53. The molecule has 2 aromatic heterocycles. The molecule has 11 N–H and O–H groups in total. The zero-order valence-corrected chi connectivity index (χ0v) is 73.2. The van der Waals surface area contributed by atoms with E-state index in [0.717, 1.165) is 59.7 Å². The highest BCUT2D eigenvalue weighted by atomic mass is 35.5. The Kier molecular flexibility index (Phi) is 35.2. The second-order valence-electron chi connectivity index (χ2n) is 32.8. The number of H-pyrrole nitrogens is 1. The maximum absolute atomic E-state index is 14.3. The number of rotatable bonds is 25. The summed E-state index contributed by atoms with van der Waals surface area (Å²) in [5.41, 5.74) is -1.71. The number of aliphatic imine (C=N–C) groups is 1. The monoisotopic (exact) mass is 1740 g/mol. The van der Waals surface area contributed by atoms with Crippen LogP contribution in [0.15, 0.2) is 104 Å². The maximum atomic E-state index is 14.3. The van der Waals surface area contributed by atoms with Crippen LogP contribution in [0.1, 0.15) is 61.8 Å². The van der Waals surface area contributed by atoms with Gasteiger partial charge in [-0.3, -0.25) is 42.7 Å². The van der Waals surface area contributed by atoms with Crippen LogP contribution in [0.3, 0.4) is 0 Å². The molecule has 1 unspecified atom stereocenters. The highest BCUT2D eigenvalue weighted by molar-refractivity contribution is 7.73. The molecule has 5 fully saturated rings. The number of methoxy groups -OCH3 is 2. The second-order valence-corrected chi connectivity index (χ2v) is 54.9. The van der Waals surface area contributed by atoms with Gasteiger partial charge in [-0.05, 0) is 130 Å². The lowest BCUT2D eigenvalue weighted by molar-refractivity contribution is -0.139. The summed E-state index contributed by atoms with van der Waals surface area (Å²) in [6.07, 6.45) is 21.2. The van der Waals surface area contributed by atoms with Gasteiger partial charge in [-0.25, -0.2) is 28.6 Å². The van der Waals surface area contributed by atoms with Gasteiger partial charge in [0.05, 0.1) is 47.9 Å². The highest BCUT2D eigenvalue weighted by Crippen LogP contribution is 2.45. The zero-order valence-electron chi connectivity index (χ0n) is 68.0. The number of nitrogens with zero attached hydrogens (tertiary/aromatic N) is 5. The van der Waals surface area contributed by atoms with Gasteiger partial charge in [0.2, 0.25) is 5.78 Å². The van der Waals surface area contributed by atoms with Gasteiger partial charge in [-0.15, -0.1) is 77.5 Å². The number of aromatic nitrogens is 4. The molecule has 33 nitrogen and oxygen atoms in total. The SMILES string of the molecule is C=C1NC(=O)C=CN1[C@@H]1O[C@H](CCP(=C)(C)C)[C@@H](O)[C@H]1OC.C=C1NC(=O)N=CC1[C@@H]1O[C@H](CCP(=C)(C)C)[C@@H](O)[C@H]1F.C=C1NC(=O)NC=C1[C@@H]1O[C@H](CCP(=C)(C)C)[C@@H](O)[C@H]1Cl.C=P(C)(C)CC[C@H]1O[C@@H](n2cc(C(=O)COC(C)=O)c(=O)[nH]c2=O)[C@H](O)[C@@H]1O.C=P(C)(C)CC[C@H]1O[C@@H](n2ccc(=O)n(C)c2=O)[C@H](OC)[C@@H]1O. The largest absolute Gasteiger partial charge is 0.457 e. The number of carbonyl (C=O) groups excluding carboxylic acids is 5. The number of ketones is 1. The van der Waals surface area contributed by atoms with E-state index >= 15 is 0 Å². The molecule has 0 spiro atoms. The molecule has 0 aromatic carbocycles. The molecule has 0 radical (unpaired) electrons. The lowest BCUT2D eigenvalue weighted by atomic mass is 9.94. The van der Waals surface area contributed by atoms with Crippen LogP contribution in [-0.2, 0) is 54.5 Å². The molecule has 21 atom stereocenters. The Labute approximate surface area is 675 Å². The Hall–Kier alpha value is -5.92. The summed E-state index contributed by atoms with van der Waals surface area (Å²) >= 11 is 6.30. The van der Waals surface area contributed by atoms with E-state index < -0.39 is 197 Å². The molecular weight excluding hydrogens is 1620 g/mol. The topological polar surface area (TPSA) is 443 Å². The minimum Gasteiger partial charge on any atom is -0.457 e. The molecule has 646 valence electrons. The van der Waals surface area contributed by atoms with E-state index in [1.807, 2.05) is 18.3 Å². The molecule has 5 saturated heterocycles. The van der Waals surface area contributed by atoms with Crippen LogP contribution in [0, 0.1) is 5.92 Å². The number of urea groups is 2. The Balaban J connectivity index is 0.000000225. The zero-order chi connectivity index (χ0) is 86.6. The Morgan fingerprint density at radius 3 is 1.58 bits per heavy atom. The molecule has 10 heterocycles. The summed E-state index contributed by atoms with van der Waals surface area (Å²) in [6, 6.07) is 0.431. The normalized spacial score (nSPS) is 30.7. The summed E-state index contributed by atoms with van der Waals surface area (Å²) < 4.78 is 61.9. The summed E-state index contributed by atoms with van der Waals surface area (Å²) in [7, 11) is 4.42. The lowest BCUT2D eigenvalue weighted by Gasteiger charge is -2.33. The number of Topliss-reactive ketones (excluding diaryl/α,β-unsaturated/α-hetero) is 1. The van der Waals surface area contributed by atoms with Crippen LogP contribution in [0.2, 0.25) is 0 Å². The summed E-state index contributed by atoms with van der Waals surface area (Å²) in [6.45, 7) is 26.6. The van der Waals surface area contributed by atoms with Crippen LogP contribution >= 0.6 is 46.0 Å². The number of aliphatic hydroxyl groups excluding tert-OH is 6. The first-order chi connectivity index (χ1) is 53.2. The third-order valence-corrected chi connectivity index (χ3v) is 27.4. The van der Waals surface area contributed by atoms with Crippen molar-refractivity contribution in [2.45, 2.75) is 161 Å². The molecule has 5 amide bonds. The third kappa shape index (κ3) is 27.8. The number of alkyl halides is 2. The molecule has 8 aliphatic rings. The molecule has 8 aliphatic heterocycles. The van der Waals surface area contributed by atoms with E-state index in [2.05, 4.69) is 136 Å². The Morgan fingerprint density at radius 2 is 1.10 bits per heavy atom. The first-order valence-corrected chi connectivity index (χ1v) is 52.7. The maximum Gasteiger partial charge on any atom is 0.344 e. The van der Waals surface area contributed by atoms with Gasteiger partial charge in [0.1, 0.15) is 66.3 Å². The first-order valence-electron chi connectivity index (χ1n) is 37.0. The van der Waals surface area contributed by atoms with E-state index in [9.17, 15) is 78.2 Å². The van der Waals surface area contributed by atoms with E-state index in [4.69, 9.17) is 44.8 Å². The van der Waals surface area contributed by atoms with Crippen molar-refractivity contribution in [1.29, 1.82) is 0 Å². The number of amides is 5. The fourth-order valence-corrected chi connectivity index (χ4v) is 18.2. The van der Waals surface area contributed by atoms with E-state index in [0.29, 0.717) is 48.2 Å². The molecule has 0 saturated carbocycles. The summed E-state index contributed by atoms with van der Waals surface area (Å²) in [5.74, 6) is -1.89. The first kappa shape index (κ1) is 97.9. The average molecular weight is 1740 g/mol. The van der Waals surface area contributed by atoms with Gasteiger partial charge in [-0.1, -0.05) is 19.7 Å². The van der Waals surface area contributed by atoms with E-state index in [1.54, 1.807) is 18.2 Å². The number of ether oxygens (including phenoxy) is 8. The number of hydrogen-bond acceptors (Lipinski definition) is 24. The fraction of sp³-hybridized carbons (Fsp3) is 0.613. The van der Waals surface area contributed by atoms with Gasteiger partial charge in [-0.2, -0.15) is 0 Å². The van der Waals surface area contributed by atoms with Crippen molar-refractivity contribution in [3.63, 3.8) is 0 Å². The number of hydrogen-bond donors (Lipinski definition) is 11. The molecule has 2 aromatic rings. The Morgan fingerprint density at radius 1 is 0.626 bits per heavy atom. The van der Waals surface area contributed by atoms with Crippen LogP contribution in [0.5, 0.6) is 0 Å². The second kappa shape index (κ2) is 41.4. The number of halogens is 2. The number of aromatic amines is 1. The third-order valence-electron chi connectivity index (χ3n) is 19.6. The van der Waals surface area contributed by atoms with Crippen LogP contribution in [0.25, 0.3) is 0 Å². The van der Waals surface area contributed by atoms with Crippen molar-refractivity contribution in [1.82, 2.24) is 44.9 Å². The standard InChI is InChI=1S/C17H25N2O8P.C15H25N2O5P.C15H25N2O4P.C14H22ClN2O3P.C14H22FN2O3P/c1-9(20)26-8-11(21)10-7-19(17(25)18-15(10)24)16-14(23)13(22)12(27-16)5-6-28(2,3)4;1-16-11(18)6-8-17(15(16)20)14-13(21-2)12(19)10(22-14)7-9-23(3,4)5;1-10-16-12(18)6-8-17(10)15-14(20-2)13(19)11(21-15)7-9-22(3,4)5;2*1-8-9(7-16-14(19)17-8)13-11(15)12(18)10(20-13)5-6-21(2,3)4/h7,12-14,16,22-23H,2,5-6,8H2,1,3-4H3,(H,18,24,25);6,8,10,12-14,19H,3,7,9H2,1-2,4-5H3;6,8,11,13-15,19H,1,3,7,9H2,2,4-5H3,(H,16,18);7,10-13,18H,1-2,5-6H2,3-4H3,(H2,16,17,19);7,9-13,18H,1-2,5-6H2,3-4H3,(H,17,19)/t12-,13-,14-,16-;10-,12-,13-,14-;11-,13-,14-,15-;10-,11-,12-,13+;9?,10-,11-,12-,13+/m11111/s1. The van der Waals surface area contributed by atoms with Gasteiger partial charge < -0.3 is 94.7 Å². The molecule has 0 bridgehead atoms. The summed E-state index contributed by atoms with van der Waals surface area (Å²) in [4.78, 5) is 112. The lowest BCUT2D eigenvalue weighted by Crippen LogP contribution is -2.47. The molecule has 40 heteroatoms. The van der Waals surface area contributed by atoms with Gasteiger partial charge in [0, 0.05) is 88.3 Å². The number of aliphatic hydroxyl groups is 6. The summed E-state index contributed by atoms with van der Waals surface area (Å²) in [5, 5.41) is 71.4. The van der Waals surface area contributed by atoms with Crippen molar-refractivity contribution >= 4 is 113 Å². The number of carbonyl (C=O) groups is 5. The van der Waals surface area contributed by atoms with Crippen molar-refractivity contribution in [3.05, 3.63) is 127 Å². The van der Waals surface area contributed by atoms with Crippen LogP contribution in [-0.4, -0.2) is 349 Å². The van der Waals surface area contributed by atoms with E-state index in [1.165, 1.54) is 49.5 Å².